The highest BCUT2D eigenvalue weighted by Crippen LogP contribution is 2.34. The van der Waals surface area contributed by atoms with Crippen LogP contribution < -0.4 is 5.32 Å². The molecule has 0 radical (unpaired) electrons. The van der Waals surface area contributed by atoms with E-state index in [2.05, 4.69) is 5.32 Å². The summed E-state index contributed by atoms with van der Waals surface area (Å²) in [7, 11) is 0. The van der Waals surface area contributed by atoms with E-state index in [9.17, 15) is 9.59 Å². The zero-order valence-corrected chi connectivity index (χ0v) is 12.1. The summed E-state index contributed by atoms with van der Waals surface area (Å²) in [6.07, 6.45) is 5.01. The second-order valence-electron chi connectivity index (χ2n) is 6.36. The number of rotatable bonds is 5. The van der Waals surface area contributed by atoms with Crippen LogP contribution in [0.25, 0.3) is 0 Å². The van der Waals surface area contributed by atoms with Gasteiger partial charge in [0.05, 0.1) is 0 Å². The second kappa shape index (κ2) is 6.26. The van der Waals surface area contributed by atoms with Crippen molar-refractivity contribution in [3.8, 4) is 0 Å². The molecule has 5 nitrogen and oxygen atoms in total. The van der Waals surface area contributed by atoms with Gasteiger partial charge in [-0.05, 0) is 46.5 Å². The molecule has 1 aliphatic carbocycles. The molecule has 0 heterocycles. The van der Waals surface area contributed by atoms with E-state index in [1.807, 2.05) is 20.8 Å². The number of carbonyl (C=O) groups is 2. The number of alkyl carbamates (subject to hydrolysis) is 1. The highest BCUT2D eigenvalue weighted by Gasteiger charge is 2.36. The molecule has 0 bridgehead atoms. The van der Waals surface area contributed by atoms with Crippen molar-refractivity contribution in [2.45, 2.75) is 76.9 Å². The fraction of sp³-hybridized carbons (Fsp3) is 0.857. The third-order valence-corrected chi connectivity index (χ3v) is 3.37. The first-order valence-electron chi connectivity index (χ1n) is 6.95. The topological polar surface area (TPSA) is 75.6 Å². The number of aliphatic carboxylic acids is 1. The van der Waals surface area contributed by atoms with E-state index < -0.39 is 17.7 Å². The normalized spacial score (nSPS) is 18.1. The zero-order valence-electron chi connectivity index (χ0n) is 12.1. The molecule has 0 aromatic heterocycles. The van der Waals surface area contributed by atoms with E-state index in [0.29, 0.717) is 12.8 Å². The summed E-state index contributed by atoms with van der Waals surface area (Å²) in [5.41, 5.74) is -0.775. The molecule has 2 N–H and O–H groups in total. The average Bonchev–Trinajstić information content (AvgIpc) is 2.62. The van der Waals surface area contributed by atoms with E-state index in [-0.39, 0.29) is 12.0 Å². The van der Waals surface area contributed by atoms with Crippen LogP contribution >= 0.6 is 0 Å². The summed E-state index contributed by atoms with van der Waals surface area (Å²) in [6, 6.07) is 0. The van der Waals surface area contributed by atoms with Gasteiger partial charge in [0.15, 0.2) is 0 Å². The van der Waals surface area contributed by atoms with Crippen LogP contribution in [0.5, 0.6) is 0 Å². The second-order valence-corrected chi connectivity index (χ2v) is 6.36. The molecule has 1 saturated carbocycles. The Morgan fingerprint density at radius 3 is 2.32 bits per heavy atom. The lowest BCUT2D eigenvalue weighted by Gasteiger charge is -2.31. The van der Waals surface area contributed by atoms with E-state index in [1.54, 1.807) is 0 Å². The van der Waals surface area contributed by atoms with Gasteiger partial charge < -0.3 is 15.2 Å². The van der Waals surface area contributed by atoms with Gasteiger partial charge in [0.1, 0.15) is 5.60 Å². The number of ether oxygens (including phenoxy) is 1. The van der Waals surface area contributed by atoms with Crippen molar-refractivity contribution in [3.05, 3.63) is 0 Å². The van der Waals surface area contributed by atoms with Crippen molar-refractivity contribution in [2.24, 2.45) is 0 Å². The smallest absolute Gasteiger partial charge is 0.408 e. The van der Waals surface area contributed by atoms with Crippen molar-refractivity contribution in [1.82, 2.24) is 5.32 Å². The molecule has 0 atom stereocenters. The first kappa shape index (κ1) is 15.8. The number of carbonyl (C=O) groups excluding carboxylic acids is 1. The number of nitrogens with one attached hydrogen (secondary N) is 1. The van der Waals surface area contributed by atoms with Gasteiger partial charge in [-0.2, -0.15) is 0 Å². The first-order chi connectivity index (χ1) is 8.72. The summed E-state index contributed by atoms with van der Waals surface area (Å²) in [4.78, 5) is 22.4. The first-order valence-corrected chi connectivity index (χ1v) is 6.95. The molecule has 0 aromatic carbocycles. The Kier molecular flexibility index (Phi) is 5.20. The van der Waals surface area contributed by atoms with Crippen LogP contribution in [-0.2, 0) is 9.53 Å². The van der Waals surface area contributed by atoms with Crippen molar-refractivity contribution in [3.63, 3.8) is 0 Å². The maximum atomic E-state index is 11.9. The quantitative estimate of drug-likeness (QED) is 0.805. The molecule has 110 valence electrons. The minimum atomic E-state index is -0.787. The number of carboxylic acid groups (broad SMARTS) is 1. The fourth-order valence-electron chi connectivity index (χ4n) is 2.59. The van der Waals surface area contributed by atoms with E-state index in [0.717, 1.165) is 25.7 Å². The Bertz CT molecular complexity index is 327. The van der Waals surface area contributed by atoms with Gasteiger partial charge in [-0.15, -0.1) is 0 Å². The van der Waals surface area contributed by atoms with E-state index >= 15 is 0 Å². The Hall–Kier alpha value is -1.26. The lowest BCUT2D eigenvalue weighted by molar-refractivity contribution is -0.137. The van der Waals surface area contributed by atoms with E-state index in [4.69, 9.17) is 9.84 Å². The van der Waals surface area contributed by atoms with Crippen molar-refractivity contribution >= 4 is 12.1 Å². The van der Waals surface area contributed by atoms with Gasteiger partial charge in [-0.25, -0.2) is 4.79 Å². The summed E-state index contributed by atoms with van der Waals surface area (Å²) in [5.74, 6) is -0.787. The van der Waals surface area contributed by atoms with Gasteiger partial charge in [0.2, 0.25) is 0 Å². The highest BCUT2D eigenvalue weighted by molar-refractivity contribution is 5.69. The average molecular weight is 271 g/mol. The fourth-order valence-corrected chi connectivity index (χ4v) is 2.59. The van der Waals surface area contributed by atoms with Crippen molar-refractivity contribution < 1.29 is 19.4 Å². The predicted octanol–water partition coefficient (Wildman–Crippen LogP) is 3.08. The third kappa shape index (κ3) is 5.94. The Labute approximate surface area is 114 Å². The van der Waals surface area contributed by atoms with Crippen LogP contribution in [0.15, 0.2) is 0 Å². The van der Waals surface area contributed by atoms with Crippen LogP contribution in [0, 0.1) is 0 Å². The van der Waals surface area contributed by atoms with Crippen molar-refractivity contribution in [2.75, 3.05) is 0 Å². The maximum Gasteiger partial charge on any atom is 0.408 e. The minimum Gasteiger partial charge on any atom is -0.481 e. The molecule has 0 unspecified atom stereocenters. The molecule has 1 fully saturated rings. The largest absolute Gasteiger partial charge is 0.481 e. The molecule has 19 heavy (non-hydrogen) atoms. The lowest BCUT2D eigenvalue weighted by Crippen LogP contribution is -2.48. The Morgan fingerprint density at radius 1 is 1.26 bits per heavy atom. The van der Waals surface area contributed by atoms with Gasteiger partial charge >= 0.3 is 12.1 Å². The monoisotopic (exact) mass is 271 g/mol. The van der Waals surface area contributed by atoms with Gasteiger partial charge in [-0.1, -0.05) is 12.8 Å². The van der Waals surface area contributed by atoms with Crippen LogP contribution in [-0.4, -0.2) is 28.3 Å². The molecule has 1 amide bonds. The summed E-state index contributed by atoms with van der Waals surface area (Å²) >= 11 is 0. The molecule has 0 aromatic rings. The Balaban J connectivity index is 2.51. The lowest BCUT2D eigenvalue weighted by atomic mass is 9.91. The molecule has 0 saturated heterocycles. The molecule has 0 spiro atoms. The minimum absolute atomic E-state index is 0.151. The summed E-state index contributed by atoms with van der Waals surface area (Å²) in [6.45, 7) is 5.50. The van der Waals surface area contributed by atoms with Crippen LogP contribution in [0.2, 0.25) is 0 Å². The molecule has 0 aliphatic heterocycles. The zero-order chi connectivity index (χ0) is 14.5. The van der Waals surface area contributed by atoms with Gasteiger partial charge in [-0.3, -0.25) is 4.79 Å². The molecular weight excluding hydrogens is 246 g/mol. The van der Waals surface area contributed by atoms with Gasteiger partial charge in [0, 0.05) is 12.0 Å². The van der Waals surface area contributed by atoms with Crippen LogP contribution in [0.4, 0.5) is 4.79 Å². The number of amides is 1. The molecule has 5 heteroatoms. The summed E-state index contributed by atoms with van der Waals surface area (Å²) < 4.78 is 5.29. The van der Waals surface area contributed by atoms with Gasteiger partial charge in [0.25, 0.3) is 0 Å². The SMILES string of the molecule is CC(C)(C)OC(=O)NC1(CCCC(=O)O)CCCC1. The Morgan fingerprint density at radius 2 is 1.84 bits per heavy atom. The number of hydrogen-bond donors (Lipinski definition) is 2. The number of carboxylic acids is 1. The summed E-state index contributed by atoms with van der Waals surface area (Å²) in [5, 5.41) is 11.7. The van der Waals surface area contributed by atoms with E-state index in [1.165, 1.54) is 0 Å². The standard InChI is InChI=1S/C14H25NO4/c1-13(2,3)19-12(18)15-14(8-4-5-9-14)10-6-7-11(16)17/h4-10H2,1-3H3,(H,15,18)(H,16,17). The van der Waals surface area contributed by atoms with Crippen LogP contribution in [0.3, 0.4) is 0 Å². The molecule has 1 aliphatic rings. The third-order valence-electron chi connectivity index (χ3n) is 3.37. The maximum absolute atomic E-state index is 11.9. The van der Waals surface area contributed by atoms with Crippen molar-refractivity contribution in [1.29, 1.82) is 0 Å². The molecular formula is C14H25NO4. The highest BCUT2D eigenvalue weighted by atomic mass is 16.6. The molecule has 1 rings (SSSR count). The van der Waals surface area contributed by atoms with Crippen LogP contribution in [0.1, 0.15) is 65.7 Å². The number of hydrogen-bond acceptors (Lipinski definition) is 3. The predicted molar refractivity (Wildman–Crippen MR) is 72.1 cm³/mol.